The van der Waals surface area contributed by atoms with Gasteiger partial charge in [-0.3, -0.25) is 14.6 Å². The molecule has 0 spiro atoms. The Bertz CT molecular complexity index is 1190. The van der Waals surface area contributed by atoms with Crippen LogP contribution in [0.3, 0.4) is 0 Å². The Labute approximate surface area is 192 Å². The van der Waals surface area contributed by atoms with E-state index in [-0.39, 0.29) is 17.9 Å². The van der Waals surface area contributed by atoms with Crippen LogP contribution in [0.1, 0.15) is 22.7 Å². The van der Waals surface area contributed by atoms with E-state index in [4.69, 9.17) is 4.74 Å². The molecule has 0 aliphatic carbocycles. The highest BCUT2D eigenvalue weighted by Crippen LogP contribution is 2.40. The van der Waals surface area contributed by atoms with E-state index in [9.17, 15) is 14.7 Å². The molecular weight excluding hydrogens is 418 g/mol. The molecule has 1 unspecified atom stereocenters. The standard InChI is InChI=1S/C26H25N3O4/c1-28(2)20-8-4-18(5-9-20)23-22(24(30)19-6-10-21(33-3)11-7-19)25(31)26(32)29(23)16-17-12-14-27-15-13-17/h4-15,23,30H,16H2,1-3H3/b24-22+. The number of hydrogen-bond donors (Lipinski definition) is 1. The number of anilines is 1. The number of ketones is 1. The quantitative estimate of drug-likeness (QED) is 0.355. The van der Waals surface area contributed by atoms with Crippen LogP contribution in [0.2, 0.25) is 0 Å². The number of nitrogens with zero attached hydrogens (tertiary/aromatic N) is 3. The van der Waals surface area contributed by atoms with Crippen LogP contribution in [0.15, 0.2) is 78.6 Å². The zero-order valence-electron chi connectivity index (χ0n) is 18.7. The number of hydrogen-bond acceptors (Lipinski definition) is 6. The van der Waals surface area contributed by atoms with E-state index in [0.717, 1.165) is 16.8 Å². The first-order valence-electron chi connectivity index (χ1n) is 10.5. The van der Waals surface area contributed by atoms with Gasteiger partial charge in [0.05, 0.1) is 18.7 Å². The molecule has 33 heavy (non-hydrogen) atoms. The Hall–Kier alpha value is -4.13. The van der Waals surface area contributed by atoms with Gasteiger partial charge in [0.1, 0.15) is 11.5 Å². The van der Waals surface area contributed by atoms with Crippen LogP contribution >= 0.6 is 0 Å². The number of aliphatic hydroxyl groups is 1. The van der Waals surface area contributed by atoms with Crippen molar-refractivity contribution in [3.05, 3.63) is 95.3 Å². The number of Topliss-reactive ketones (excluding diaryl/α,β-unsaturated/α-hetero) is 1. The van der Waals surface area contributed by atoms with Crippen molar-refractivity contribution in [2.75, 3.05) is 26.1 Å². The Morgan fingerprint density at radius 3 is 2.21 bits per heavy atom. The molecule has 168 valence electrons. The molecule has 0 bridgehead atoms. The van der Waals surface area contributed by atoms with E-state index >= 15 is 0 Å². The van der Waals surface area contributed by atoms with Gasteiger partial charge < -0.3 is 19.6 Å². The Morgan fingerprint density at radius 1 is 1.00 bits per heavy atom. The molecule has 1 amide bonds. The van der Waals surface area contributed by atoms with Gasteiger partial charge in [-0.05, 0) is 59.7 Å². The second-order valence-corrected chi connectivity index (χ2v) is 8.00. The van der Waals surface area contributed by atoms with Crippen molar-refractivity contribution in [3.8, 4) is 5.75 Å². The predicted octanol–water partition coefficient (Wildman–Crippen LogP) is 3.78. The molecule has 0 saturated carbocycles. The molecule has 2 aromatic carbocycles. The van der Waals surface area contributed by atoms with E-state index in [2.05, 4.69) is 4.98 Å². The average Bonchev–Trinajstić information content (AvgIpc) is 3.09. The van der Waals surface area contributed by atoms with Gasteiger partial charge in [0, 0.05) is 44.3 Å². The molecule has 1 saturated heterocycles. The summed E-state index contributed by atoms with van der Waals surface area (Å²) in [6, 6.07) is 17.2. The van der Waals surface area contributed by atoms with Gasteiger partial charge in [-0.25, -0.2) is 0 Å². The summed E-state index contributed by atoms with van der Waals surface area (Å²) in [6.45, 7) is 0.215. The SMILES string of the molecule is COc1ccc(/C(O)=C2\C(=O)C(=O)N(Cc3ccncc3)C2c2ccc(N(C)C)cc2)cc1. The second kappa shape index (κ2) is 9.16. The first kappa shape index (κ1) is 22.1. The molecule has 4 rings (SSSR count). The fourth-order valence-corrected chi connectivity index (χ4v) is 3.93. The molecule has 0 radical (unpaired) electrons. The molecule has 7 nitrogen and oxygen atoms in total. The number of rotatable bonds is 6. The summed E-state index contributed by atoms with van der Waals surface area (Å²) in [5, 5.41) is 11.2. The third kappa shape index (κ3) is 4.30. The fourth-order valence-electron chi connectivity index (χ4n) is 3.93. The van der Waals surface area contributed by atoms with Crippen LogP contribution in [-0.2, 0) is 16.1 Å². The van der Waals surface area contributed by atoms with Crippen molar-refractivity contribution in [1.82, 2.24) is 9.88 Å². The van der Waals surface area contributed by atoms with Gasteiger partial charge in [0.2, 0.25) is 0 Å². The zero-order chi connectivity index (χ0) is 23.5. The summed E-state index contributed by atoms with van der Waals surface area (Å²) in [4.78, 5) is 33.7. The number of ether oxygens (including phenoxy) is 1. The highest BCUT2D eigenvalue weighted by Gasteiger charge is 2.46. The lowest BCUT2D eigenvalue weighted by Gasteiger charge is -2.26. The van der Waals surface area contributed by atoms with Crippen LogP contribution in [0, 0.1) is 0 Å². The number of amides is 1. The van der Waals surface area contributed by atoms with Crippen LogP contribution in [0.5, 0.6) is 5.75 Å². The lowest BCUT2D eigenvalue weighted by atomic mass is 9.95. The van der Waals surface area contributed by atoms with Gasteiger partial charge in [-0.15, -0.1) is 0 Å². The highest BCUT2D eigenvalue weighted by molar-refractivity contribution is 6.46. The number of likely N-dealkylation sites (tertiary alicyclic amines) is 1. The third-order valence-corrected chi connectivity index (χ3v) is 5.73. The number of aromatic nitrogens is 1. The lowest BCUT2D eigenvalue weighted by molar-refractivity contribution is -0.140. The molecule has 1 aliphatic heterocycles. The Balaban J connectivity index is 1.83. The number of carbonyl (C=O) groups excluding carboxylic acids is 2. The van der Waals surface area contributed by atoms with E-state index < -0.39 is 17.7 Å². The average molecular weight is 444 g/mol. The normalized spacial score (nSPS) is 17.3. The summed E-state index contributed by atoms with van der Waals surface area (Å²) in [6.07, 6.45) is 3.29. The highest BCUT2D eigenvalue weighted by atomic mass is 16.5. The molecule has 1 N–H and O–H groups in total. The molecule has 1 fully saturated rings. The van der Waals surface area contributed by atoms with E-state index in [0.29, 0.717) is 11.3 Å². The maximum absolute atomic E-state index is 13.1. The summed E-state index contributed by atoms with van der Waals surface area (Å²) >= 11 is 0. The van der Waals surface area contributed by atoms with Crippen molar-refractivity contribution in [2.24, 2.45) is 0 Å². The molecular formula is C26H25N3O4. The summed E-state index contributed by atoms with van der Waals surface area (Å²) < 4.78 is 5.18. The van der Waals surface area contributed by atoms with Crippen molar-refractivity contribution in [1.29, 1.82) is 0 Å². The minimum Gasteiger partial charge on any atom is -0.507 e. The van der Waals surface area contributed by atoms with Gasteiger partial charge in [0.25, 0.3) is 11.7 Å². The van der Waals surface area contributed by atoms with Crippen LogP contribution in [0.4, 0.5) is 5.69 Å². The van der Waals surface area contributed by atoms with Crippen LogP contribution in [-0.4, -0.2) is 47.9 Å². The summed E-state index contributed by atoms with van der Waals surface area (Å²) in [7, 11) is 5.43. The Kier molecular flexibility index (Phi) is 6.13. The summed E-state index contributed by atoms with van der Waals surface area (Å²) in [5.41, 5.74) is 3.07. The van der Waals surface area contributed by atoms with Gasteiger partial charge >= 0.3 is 0 Å². The minimum atomic E-state index is -0.725. The molecule has 1 aliphatic rings. The molecule has 2 heterocycles. The first-order chi connectivity index (χ1) is 15.9. The van der Waals surface area contributed by atoms with E-state index in [1.54, 1.807) is 55.9 Å². The molecule has 3 aromatic rings. The number of aliphatic hydroxyl groups excluding tert-OH is 1. The topological polar surface area (TPSA) is 83.0 Å². The number of carbonyl (C=O) groups is 2. The predicted molar refractivity (Wildman–Crippen MR) is 126 cm³/mol. The maximum atomic E-state index is 13.1. The largest absolute Gasteiger partial charge is 0.507 e. The van der Waals surface area contributed by atoms with Crippen molar-refractivity contribution in [3.63, 3.8) is 0 Å². The van der Waals surface area contributed by atoms with Crippen LogP contribution < -0.4 is 9.64 Å². The monoisotopic (exact) mass is 443 g/mol. The van der Waals surface area contributed by atoms with E-state index in [1.807, 2.05) is 43.3 Å². The first-order valence-corrected chi connectivity index (χ1v) is 10.5. The zero-order valence-corrected chi connectivity index (χ0v) is 18.7. The smallest absolute Gasteiger partial charge is 0.295 e. The van der Waals surface area contributed by atoms with Gasteiger partial charge in [-0.2, -0.15) is 0 Å². The fraction of sp³-hybridized carbons (Fsp3) is 0.192. The second-order valence-electron chi connectivity index (χ2n) is 8.00. The Morgan fingerprint density at radius 2 is 1.64 bits per heavy atom. The maximum Gasteiger partial charge on any atom is 0.295 e. The van der Waals surface area contributed by atoms with Gasteiger partial charge in [-0.1, -0.05) is 12.1 Å². The molecule has 7 heteroatoms. The van der Waals surface area contributed by atoms with Crippen molar-refractivity contribution >= 4 is 23.1 Å². The van der Waals surface area contributed by atoms with Crippen molar-refractivity contribution < 1.29 is 19.4 Å². The number of pyridine rings is 1. The molecule has 1 atom stereocenters. The minimum absolute atomic E-state index is 0.0665. The summed E-state index contributed by atoms with van der Waals surface area (Å²) in [5.74, 6) is -0.946. The van der Waals surface area contributed by atoms with Gasteiger partial charge in [0.15, 0.2) is 0 Å². The van der Waals surface area contributed by atoms with Crippen LogP contribution in [0.25, 0.3) is 5.76 Å². The third-order valence-electron chi connectivity index (χ3n) is 5.73. The number of methoxy groups -OCH3 is 1. The molecule has 1 aromatic heterocycles. The van der Waals surface area contributed by atoms with E-state index in [1.165, 1.54) is 4.90 Å². The van der Waals surface area contributed by atoms with Crippen molar-refractivity contribution in [2.45, 2.75) is 12.6 Å². The lowest BCUT2D eigenvalue weighted by Crippen LogP contribution is -2.29. The number of benzene rings is 2.